The van der Waals surface area contributed by atoms with Crippen molar-refractivity contribution in [3.63, 3.8) is 0 Å². The van der Waals surface area contributed by atoms with Crippen molar-refractivity contribution in [1.29, 1.82) is 0 Å². The van der Waals surface area contributed by atoms with Crippen LogP contribution in [-0.4, -0.2) is 30.2 Å². The predicted octanol–water partition coefficient (Wildman–Crippen LogP) is 3.18. The van der Waals surface area contributed by atoms with E-state index >= 15 is 0 Å². The zero-order valence-electron chi connectivity index (χ0n) is 11.1. The summed E-state index contributed by atoms with van der Waals surface area (Å²) in [5, 5.41) is 0.0403. The molecule has 2 aromatic rings. The number of rotatable bonds is 3. The summed E-state index contributed by atoms with van der Waals surface area (Å²) >= 11 is 1.77. The first-order chi connectivity index (χ1) is 9.79. The van der Waals surface area contributed by atoms with Crippen molar-refractivity contribution < 1.29 is 13.9 Å². The van der Waals surface area contributed by atoms with E-state index in [-0.39, 0.29) is 11.3 Å². The predicted molar refractivity (Wildman–Crippen MR) is 77.9 cm³/mol. The lowest BCUT2D eigenvalue weighted by molar-refractivity contribution is 0.0728. The first kappa shape index (κ1) is 13.1. The Morgan fingerprint density at radius 1 is 1.35 bits per heavy atom. The summed E-state index contributed by atoms with van der Waals surface area (Å²) in [5.74, 6) is 2.09. The molecule has 1 fully saturated rings. The molecule has 1 aromatic carbocycles. The van der Waals surface area contributed by atoms with Gasteiger partial charge >= 0.3 is 0 Å². The number of benzene rings is 1. The summed E-state index contributed by atoms with van der Waals surface area (Å²) in [6, 6.07) is 11.3. The summed E-state index contributed by atoms with van der Waals surface area (Å²) < 4.78 is 10.4. The molecule has 1 aliphatic rings. The third kappa shape index (κ3) is 2.41. The summed E-state index contributed by atoms with van der Waals surface area (Å²) in [7, 11) is 1.64. The van der Waals surface area contributed by atoms with Crippen LogP contribution in [0.15, 0.2) is 47.1 Å². The molecule has 1 aliphatic heterocycles. The molecular weight excluding hydrogens is 274 g/mol. The summed E-state index contributed by atoms with van der Waals surface area (Å²) in [6.07, 6.45) is 1.53. The second-order valence-electron chi connectivity index (χ2n) is 4.47. The third-order valence-corrected chi connectivity index (χ3v) is 4.55. The molecule has 0 spiro atoms. The molecular formula is C15H15NO3S. The Bertz CT molecular complexity index is 580. The number of thioether (sulfide) groups is 1. The van der Waals surface area contributed by atoms with Gasteiger partial charge in [-0.15, -0.1) is 11.8 Å². The van der Waals surface area contributed by atoms with E-state index in [9.17, 15) is 4.79 Å². The van der Waals surface area contributed by atoms with Crippen LogP contribution in [0.5, 0.6) is 5.75 Å². The van der Waals surface area contributed by atoms with Gasteiger partial charge < -0.3 is 14.1 Å². The fraction of sp³-hybridized carbons (Fsp3) is 0.267. The molecule has 0 N–H and O–H groups in total. The summed E-state index contributed by atoms with van der Waals surface area (Å²) in [5.41, 5.74) is 1.10. The Balaban J connectivity index is 1.83. The van der Waals surface area contributed by atoms with Crippen LogP contribution in [0.1, 0.15) is 21.5 Å². The molecule has 0 saturated carbocycles. The van der Waals surface area contributed by atoms with E-state index in [1.54, 1.807) is 31.0 Å². The maximum absolute atomic E-state index is 12.4. The van der Waals surface area contributed by atoms with Gasteiger partial charge in [-0.3, -0.25) is 4.79 Å². The number of methoxy groups -OCH3 is 1. The van der Waals surface area contributed by atoms with E-state index in [1.165, 1.54) is 6.26 Å². The van der Waals surface area contributed by atoms with E-state index in [4.69, 9.17) is 9.15 Å². The molecule has 104 valence electrons. The van der Waals surface area contributed by atoms with Crippen LogP contribution in [0.25, 0.3) is 0 Å². The molecule has 3 rings (SSSR count). The molecule has 1 amide bonds. The maximum Gasteiger partial charge on any atom is 0.290 e. The van der Waals surface area contributed by atoms with Crippen LogP contribution in [-0.2, 0) is 0 Å². The number of hydrogen-bond acceptors (Lipinski definition) is 4. The minimum atomic E-state index is -0.0548. The standard InChI is InChI=1S/C15H15NO3S/c1-18-12-6-4-11(5-7-12)15-16(8-10-20-15)14(17)13-3-2-9-19-13/h2-7,9,15H,8,10H2,1H3. The first-order valence-corrected chi connectivity index (χ1v) is 7.44. The van der Waals surface area contributed by atoms with E-state index < -0.39 is 0 Å². The van der Waals surface area contributed by atoms with Crippen molar-refractivity contribution in [3.8, 4) is 5.75 Å². The molecule has 4 nitrogen and oxygen atoms in total. The van der Waals surface area contributed by atoms with Crippen LogP contribution in [0.3, 0.4) is 0 Å². The SMILES string of the molecule is COc1ccc(C2SCCN2C(=O)c2ccco2)cc1. The Hall–Kier alpha value is -1.88. The molecule has 0 radical (unpaired) electrons. The molecule has 20 heavy (non-hydrogen) atoms. The number of ether oxygens (including phenoxy) is 1. The van der Waals surface area contributed by atoms with E-state index in [1.807, 2.05) is 29.2 Å². The Kier molecular flexibility index (Phi) is 3.69. The topological polar surface area (TPSA) is 42.7 Å². The van der Waals surface area contributed by atoms with Crippen LogP contribution < -0.4 is 4.74 Å². The van der Waals surface area contributed by atoms with Crippen molar-refractivity contribution in [2.24, 2.45) is 0 Å². The van der Waals surface area contributed by atoms with Gasteiger partial charge in [0.2, 0.25) is 0 Å². The van der Waals surface area contributed by atoms with Crippen LogP contribution in [0, 0.1) is 0 Å². The van der Waals surface area contributed by atoms with Crippen molar-refractivity contribution in [3.05, 3.63) is 54.0 Å². The number of nitrogens with zero attached hydrogens (tertiary/aromatic N) is 1. The highest BCUT2D eigenvalue weighted by molar-refractivity contribution is 7.99. The Labute approximate surface area is 121 Å². The average molecular weight is 289 g/mol. The van der Waals surface area contributed by atoms with Gasteiger partial charge in [-0.1, -0.05) is 12.1 Å². The highest BCUT2D eigenvalue weighted by Gasteiger charge is 2.32. The van der Waals surface area contributed by atoms with Gasteiger partial charge in [0.15, 0.2) is 5.76 Å². The monoisotopic (exact) mass is 289 g/mol. The lowest BCUT2D eigenvalue weighted by atomic mass is 10.2. The molecule has 1 atom stereocenters. The van der Waals surface area contributed by atoms with Gasteiger partial charge in [0.25, 0.3) is 5.91 Å². The molecule has 0 bridgehead atoms. The highest BCUT2D eigenvalue weighted by atomic mass is 32.2. The second kappa shape index (κ2) is 5.63. The minimum absolute atomic E-state index is 0.0403. The third-order valence-electron chi connectivity index (χ3n) is 3.28. The molecule has 0 aliphatic carbocycles. The molecule has 1 saturated heterocycles. The van der Waals surface area contributed by atoms with Crippen LogP contribution in [0.4, 0.5) is 0 Å². The van der Waals surface area contributed by atoms with Gasteiger partial charge in [0.05, 0.1) is 13.4 Å². The first-order valence-electron chi connectivity index (χ1n) is 6.39. The van der Waals surface area contributed by atoms with Crippen molar-refractivity contribution in [2.75, 3.05) is 19.4 Å². The number of furan rings is 1. The van der Waals surface area contributed by atoms with E-state index in [2.05, 4.69) is 0 Å². The Morgan fingerprint density at radius 2 is 2.15 bits per heavy atom. The molecule has 1 unspecified atom stereocenters. The van der Waals surface area contributed by atoms with Gasteiger partial charge in [0, 0.05) is 12.3 Å². The van der Waals surface area contributed by atoms with Crippen LogP contribution in [0.2, 0.25) is 0 Å². The zero-order chi connectivity index (χ0) is 13.9. The summed E-state index contributed by atoms with van der Waals surface area (Å²) in [4.78, 5) is 14.3. The number of carbonyl (C=O) groups excluding carboxylic acids is 1. The smallest absolute Gasteiger partial charge is 0.290 e. The lowest BCUT2D eigenvalue weighted by Gasteiger charge is -2.23. The van der Waals surface area contributed by atoms with Crippen molar-refractivity contribution in [2.45, 2.75) is 5.37 Å². The number of carbonyl (C=O) groups is 1. The fourth-order valence-corrected chi connectivity index (χ4v) is 3.52. The largest absolute Gasteiger partial charge is 0.497 e. The fourth-order valence-electron chi connectivity index (χ4n) is 2.26. The maximum atomic E-state index is 12.4. The van der Waals surface area contributed by atoms with Gasteiger partial charge in [-0.2, -0.15) is 0 Å². The number of amides is 1. The Morgan fingerprint density at radius 3 is 2.80 bits per heavy atom. The lowest BCUT2D eigenvalue weighted by Crippen LogP contribution is -2.30. The van der Waals surface area contributed by atoms with Crippen molar-refractivity contribution >= 4 is 17.7 Å². The van der Waals surface area contributed by atoms with E-state index in [0.29, 0.717) is 5.76 Å². The zero-order valence-corrected chi connectivity index (χ0v) is 11.9. The normalized spacial score (nSPS) is 18.2. The quantitative estimate of drug-likeness (QED) is 0.870. The minimum Gasteiger partial charge on any atom is -0.497 e. The van der Waals surface area contributed by atoms with Gasteiger partial charge in [-0.25, -0.2) is 0 Å². The van der Waals surface area contributed by atoms with Crippen LogP contribution >= 0.6 is 11.8 Å². The molecule has 1 aromatic heterocycles. The highest BCUT2D eigenvalue weighted by Crippen LogP contribution is 2.39. The number of hydrogen-bond donors (Lipinski definition) is 0. The van der Waals surface area contributed by atoms with Gasteiger partial charge in [0.1, 0.15) is 11.1 Å². The molecule has 2 heterocycles. The van der Waals surface area contributed by atoms with Crippen molar-refractivity contribution in [1.82, 2.24) is 4.90 Å². The second-order valence-corrected chi connectivity index (χ2v) is 5.66. The average Bonchev–Trinajstić information content (AvgIpc) is 3.18. The summed E-state index contributed by atoms with van der Waals surface area (Å²) in [6.45, 7) is 0.737. The van der Waals surface area contributed by atoms with E-state index in [0.717, 1.165) is 23.6 Å². The molecule has 5 heteroatoms. The van der Waals surface area contributed by atoms with Gasteiger partial charge in [-0.05, 0) is 29.8 Å².